The number of carbonyl (C=O) groups is 1. The third-order valence-corrected chi connectivity index (χ3v) is 9.26. The van der Waals surface area contributed by atoms with Gasteiger partial charge in [0.25, 0.3) is 0 Å². The minimum atomic E-state index is -3.65. The van der Waals surface area contributed by atoms with Crippen molar-refractivity contribution in [2.75, 3.05) is 26.2 Å². The van der Waals surface area contributed by atoms with Gasteiger partial charge in [0.1, 0.15) is 0 Å². The number of nitrogens with zero attached hydrogens (tertiary/aromatic N) is 4. The van der Waals surface area contributed by atoms with Crippen LogP contribution in [0.4, 0.5) is 0 Å². The first-order valence-corrected chi connectivity index (χ1v) is 13.0. The van der Waals surface area contributed by atoms with Gasteiger partial charge in [-0.2, -0.15) is 4.31 Å². The zero-order chi connectivity index (χ0) is 24.8. The van der Waals surface area contributed by atoms with Crippen LogP contribution in [-0.4, -0.2) is 58.8 Å². The number of piperazine rings is 1. The molecular formula is C25H32N4O4S. The highest BCUT2D eigenvalue weighted by Gasteiger charge is 2.32. The minimum Gasteiger partial charge on any atom is -0.340 e. The molecule has 1 saturated heterocycles. The number of carbonyl (C=O) groups excluding carboxylic acids is 1. The lowest BCUT2D eigenvalue weighted by molar-refractivity contribution is -0.132. The lowest BCUT2D eigenvalue weighted by Gasteiger charge is -2.35. The molecule has 4 rings (SSSR count). The van der Waals surface area contributed by atoms with Crippen LogP contribution in [0.2, 0.25) is 0 Å². The molecule has 0 aliphatic carbocycles. The molecule has 1 aliphatic rings. The molecule has 1 fully saturated rings. The molecule has 8 nitrogen and oxygen atoms in total. The first-order chi connectivity index (χ1) is 16.0. The second-order valence-corrected chi connectivity index (χ2v) is 11.0. The quantitative estimate of drug-likeness (QED) is 0.557. The molecule has 2 heterocycles. The summed E-state index contributed by atoms with van der Waals surface area (Å²) in [5.41, 5.74) is 4.96. The number of hydrogen-bond acceptors (Lipinski definition) is 4. The number of sulfonamides is 1. The van der Waals surface area contributed by atoms with E-state index in [0.717, 1.165) is 33.3 Å². The fraction of sp³-hybridized carbons (Fsp3) is 0.440. The summed E-state index contributed by atoms with van der Waals surface area (Å²) in [7, 11) is -1.93. The number of aromatic nitrogens is 2. The van der Waals surface area contributed by atoms with Crippen LogP contribution in [0.5, 0.6) is 0 Å². The second kappa shape index (κ2) is 9.03. The van der Waals surface area contributed by atoms with E-state index < -0.39 is 10.0 Å². The molecule has 1 aliphatic heterocycles. The highest BCUT2D eigenvalue weighted by Crippen LogP contribution is 2.29. The molecule has 0 radical (unpaired) electrons. The van der Waals surface area contributed by atoms with E-state index in [1.807, 2.05) is 58.0 Å². The molecule has 2 aromatic carbocycles. The maximum absolute atomic E-state index is 13.5. The average Bonchev–Trinajstić information content (AvgIpc) is 3.06. The van der Waals surface area contributed by atoms with Crippen LogP contribution in [0.15, 0.2) is 40.0 Å². The van der Waals surface area contributed by atoms with Gasteiger partial charge >= 0.3 is 5.69 Å². The van der Waals surface area contributed by atoms with Crippen LogP contribution in [0.25, 0.3) is 11.0 Å². The van der Waals surface area contributed by atoms with E-state index >= 15 is 0 Å². The smallest absolute Gasteiger partial charge is 0.328 e. The van der Waals surface area contributed by atoms with Crippen molar-refractivity contribution in [3.05, 3.63) is 63.1 Å². The number of imidazole rings is 1. The average molecular weight is 485 g/mol. The fourth-order valence-corrected chi connectivity index (χ4v) is 6.82. The lowest BCUT2D eigenvalue weighted by atomic mass is 10.0. The topological polar surface area (TPSA) is 84.6 Å². The van der Waals surface area contributed by atoms with Gasteiger partial charge in [-0.15, -0.1) is 0 Å². The third-order valence-electron chi connectivity index (χ3n) is 7.09. The summed E-state index contributed by atoms with van der Waals surface area (Å²) >= 11 is 0. The van der Waals surface area contributed by atoms with Crippen molar-refractivity contribution in [3.63, 3.8) is 0 Å². The Hall–Kier alpha value is -2.91. The predicted octanol–water partition coefficient (Wildman–Crippen LogP) is 2.50. The summed E-state index contributed by atoms with van der Waals surface area (Å²) in [4.78, 5) is 27.6. The van der Waals surface area contributed by atoms with Crippen molar-refractivity contribution in [1.29, 1.82) is 0 Å². The summed E-state index contributed by atoms with van der Waals surface area (Å²) < 4.78 is 31.6. The van der Waals surface area contributed by atoms with Gasteiger partial charge < -0.3 is 4.90 Å². The van der Waals surface area contributed by atoms with E-state index in [2.05, 4.69) is 0 Å². The van der Waals surface area contributed by atoms with Crippen molar-refractivity contribution in [1.82, 2.24) is 18.3 Å². The van der Waals surface area contributed by atoms with E-state index in [-0.39, 0.29) is 31.1 Å². The number of benzene rings is 2. The maximum Gasteiger partial charge on any atom is 0.328 e. The molecule has 182 valence electrons. The van der Waals surface area contributed by atoms with Gasteiger partial charge in [0.05, 0.1) is 15.9 Å². The second-order valence-electron chi connectivity index (χ2n) is 9.11. The predicted molar refractivity (Wildman–Crippen MR) is 133 cm³/mol. The lowest BCUT2D eigenvalue weighted by Crippen LogP contribution is -2.50. The fourth-order valence-electron chi connectivity index (χ4n) is 4.82. The SMILES string of the molecule is Cc1cc(C)c(C)c(S(=O)(=O)N2CCN(C(=O)CCn3c(=O)n(C)c4ccccc43)CC2)c1C. The Morgan fingerprint density at radius 1 is 0.912 bits per heavy atom. The highest BCUT2D eigenvalue weighted by molar-refractivity contribution is 7.89. The first-order valence-electron chi connectivity index (χ1n) is 11.5. The van der Waals surface area contributed by atoms with E-state index in [1.165, 1.54) is 4.31 Å². The number of para-hydroxylation sites is 2. The molecule has 0 saturated carbocycles. The van der Waals surface area contributed by atoms with Crippen LogP contribution in [-0.2, 0) is 28.4 Å². The zero-order valence-corrected chi connectivity index (χ0v) is 21.3. The normalized spacial score (nSPS) is 15.3. The van der Waals surface area contributed by atoms with Gasteiger partial charge in [-0.05, 0) is 62.1 Å². The molecule has 1 aromatic heterocycles. The standard InChI is InChI=1S/C25H32N4O4S/c1-17-16-18(2)20(4)24(19(17)3)34(32,33)28-14-12-27(13-15-28)23(30)10-11-29-22-9-7-6-8-21(22)26(5)25(29)31/h6-9,16H,10-15H2,1-5H3. The van der Waals surface area contributed by atoms with Crippen molar-refractivity contribution in [3.8, 4) is 0 Å². The van der Waals surface area contributed by atoms with Crippen LogP contribution < -0.4 is 5.69 Å². The van der Waals surface area contributed by atoms with Crippen molar-refractivity contribution in [2.24, 2.45) is 7.05 Å². The Morgan fingerprint density at radius 3 is 2.06 bits per heavy atom. The maximum atomic E-state index is 13.5. The Bertz CT molecular complexity index is 1400. The number of rotatable bonds is 5. The molecule has 0 spiro atoms. The Kier molecular flexibility index (Phi) is 6.44. The minimum absolute atomic E-state index is 0.0735. The Morgan fingerprint density at radius 2 is 1.47 bits per heavy atom. The molecule has 9 heteroatoms. The molecule has 0 N–H and O–H groups in total. The van der Waals surface area contributed by atoms with Crippen LogP contribution in [0, 0.1) is 27.7 Å². The van der Waals surface area contributed by atoms with Crippen LogP contribution >= 0.6 is 0 Å². The van der Waals surface area contributed by atoms with E-state index in [4.69, 9.17) is 0 Å². The van der Waals surface area contributed by atoms with Crippen molar-refractivity contribution < 1.29 is 13.2 Å². The van der Waals surface area contributed by atoms with Gasteiger partial charge in [-0.1, -0.05) is 18.2 Å². The molecule has 1 amide bonds. The molecule has 0 unspecified atom stereocenters. The third kappa shape index (κ3) is 4.07. The highest BCUT2D eigenvalue weighted by atomic mass is 32.2. The largest absolute Gasteiger partial charge is 0.340 e. The molecular weight excluding hydrogens is 452 g/mol. The van der Waals surface area contributed by atoms with Crippen LogP contribution in [0.1, 0.15) is 28.7 Å². The van der Waals surface area contributed by atoms with Gasteiger partial charge in [0.2, 0.25) is 15.9 Å². The van der Waals surface area contributed by atoms with E-state index in [0.29, 0.717) is 24.5 Å². The zero-order valence-electron chi connectivity index (χ0n) is 20.5. The molecule has 34 heavy (non-hydrogen) atoms. The Balaban J connectivity index is 1.44. The number of fused-ring (bicyclic) bond motifs is 1. The number of amides is 1. The summed E-state index contributed by atoms with van der Waals surface area (Å²) in [5.74, 6) is -0.0735. The summed E-state index contributed by atoms with van der Waals surface area (Å²) in [6, 6.07) is 9.53. The van der Waals surface area contributed by atoms with E-state index in [9.17, 15) is 18.0 Å². The Labute approximate surface area is 200 Å². The van der Waals surface area contributed by atoms with Gasteiger partial charge in [-0.3, -0.25) is 13.9 Å². The van der Waals surface area contributed by atoms with Gasteiger partial charge in [0.15, 0.2) is 0 Å². The monoisotopic (exact) mass is 484 g/mol. The van der Waals surface area contributed by atoms with Crippen molar-refractivity contribution in [2.45, 2.75) is 45.6 Å². The summed E-state index contributed by atoms with van der Waals surface area (Å²) in [6.07, 6.45) is 0.190. The molecule has 0 bridgehead atoms. The molecule has 3 aromatic rings. The number of hydrogen-bond donors (Lipinski definition) is 0. The van der Waals surface area contributed by atoms with Gasteiger partial charge in [0, 0.05) is 46.2 Å². The summed E-state index contributed by atoms with van der Waals surface area (Å²) in [5, 5.41) is 0. The van der Waals surface area contributed by atoms with Crippen LogP contribution in [0.3, 0.4) is 0 Å². The van der Waals surface area contributed by atoms with Gasteiger partial charge in [-0.25, -0.2) is 13.2 Å². The first kappa shape index (κ1) is 24.2. The summed E-state index contributed by atoms with van der Waals surface area (Å²) in [6.45, 7) is 9.04. The number of aryl methyl sites for hydroxylation is 4. The molecule has 0 atom stereocenters. The van der Waals surface area contributed by atoms with E-state index in [1.54, 1.807) is 21.1 Å². The van der Waals surface area contributed by atoms with Crippen molar-refractivity contribution >= 4 is 27.0 Å².